The highest BCUT2D eigenvalue weighted by atomic mass is 32.1. The van der Waals surface area contributed by atoms with Gasteiger partial charge in [-0.25, -0.2) is 4.98 Å². The standard InChI is InChI=1S/C15H19N5OS/c1-21-10-14-17-15(22-18-14)20-9-12-6-13(20)8-19(12)7-11-4-2-3-5-16-11/h2-5,12-13H,6-10H2,1H3. The van der Waals surface area contributed by atoms with Crippen LogP contribution in [0.25, 0.3) is 0 Å². The summed E-state index contributed by atoms with van der Waals surface area (Å²) in [6, 6.07) is 7.28. The number of aromatic nitrogens is 3. The molecule has 0 N–H and O–H groups in total. The van der Waals surface area contributed by atoms with E-state index in [9.17, 15) is 0 Å². The summed E-state index contributed by atoms with van der Waals surface area (Å²) in [7, 11) is 1.67. The lowest BCUT2D eigenvalue weighted by Crippen LogP contribution is -2.46. The average molecular weight is 317 g/mol. The smallest absolute Gasteiger partial charge is 0.205 e. The number of pyridine rings is 1. The second-order valence-corrected chi connectivity index (χ2v) is 6.60. The van der Waals surface area contributed by atoms with Crippen LogP contribution in [-0.2, 0) is 17.9 Å². The number of piperazine rings is 1. The van der Waals surface area contributed by atoms with Gasteiger partial charge >= 0.3 is 0 Å². The Kier molecular flexibility index (Phi) is 3.77. The summed E-state index contributed by atoms with van der Waals surface area (Å²) in [5, 5.41) is 1.04. The van der Waals surface area contributed by atoms with Gasteiger partial charge in [0.25, 0.3) is 0 Å². The SMILES string of the molecule is COCc1nsc(N2CC3CC2CN3Cc2ccccn2)n1. The van der Waals surface area contributed by atoms with E-state index in [-0.39, 0.29) is 0 Å². The van der Waals surface area contributed by atoms with Crippen molar-refractivity contribution in [3.8, 4) is 0 Å². The van der Waals surface area contributed by atoms with Crippen molar-refractivity contribution in [2.75, 3.05) is 25.1 Å². The molecule has 6 nitrogen and oxygen atoms in total. The fourth-order valence-corrected chi connectivity index (χ4v) is 4.18. The predicted octanol–water partition coefficient (Wildman–Crippen LogP) is 1.54. The van der Waals surface area contributed by atoms with Gasteiger partial charge in [-0.3, -0.25) is 9.88 Å². The van der Waals surface area contributed by atoms with Crippen molar-refractivity contribution in [1.82, 2.24) is 19.2 Å². The Morgan fingerprint density at radius 1 is 1.32 bits per heavy atom. The molecule has 2 aromatic rings. The van der Waals surface area contributed by atoms with Crippen LogP contribution in [0, 0.1) is 0 Å². The van der Waals surface area contributed by atoms with Gasteiger partial charge < -0.3 is 9.64 Å². The number of likely N-dealkylation sites (tertiary alicyclic amines) is 1. The van der Waals surface area contributed by atoms with Crippen LogP contribution in [0.2, 0.25) is 0 Å². The van der Waals surface area contributed by atoms with Gasteiger partial charge in [0.1, 0.15) is 6.61 Å². The molecule has 2 saturated heterocycles. The van der Waals surface area contributed by atoms with Gasteiger partial charge in [0, 0.05) is 56.6 Å². The Balaban J connectivity index is 1.41. The largest absolute Gasteiger partial charge is 0.377 e. The Bertz CT molecular complexity index is 634. The third-order valence-corrected chi connectivity index (χ3v) is 5.21. The van der Waals surface area contributed by atoms with E-state index in [1.807, 2.05) is 12.3 Å². The van der Waals surface area contributed by atoms with Gasteiger partial charge in [-0.05, 0) is 18.6 Å². The van der Waals surface area contributed by atoms with Crippen LogP contribution in [-0.4, -0.2) is 51.5 Å². The van der Waals surface area contributed by atoms with Crippen LogP contribution >= 0.6 is 11.5 Å². The van der Waals surface area contributed by atoms with Crippen LogP contribution in [0.5, 0.6) is 0 Å². The minimum absolute atomic E-state index is 0.490. The molecule has 2 aliphatic rings. The topological polar surface area (TPSA) is 54.4 Å². The number of methoxy groups -OCH3 is 1. The lowest BCUT2D eigenvalue weighted by Gasteiger charge is -2.33. The van der Waals surface area contributed by atoms with Crippen molar-refractivity contribution in [1.29, 1.82) is 0 Å². The first kappa shape index (κ1) is 14.0. The predicted molar refractivity (Wildman–Crippen MR) is 84.8 cm³/mol. The molecule has 2 fully saturated rings. The maximum atomic E-state index is 5.10. The molecule has 4 rings (SSSR count). The Morgan fingerprint density at radius 2 is 2.27 bits per heavy atom. The van der Waals surface area contributed by atoms with Crippen LogP contribution < -0.4 is 4.90 Å². The molecule has 0 spiro atoms. The molecule has 2 unspecified atom stereocenters. The number of fused-ring (bicyclic) bond motifs is 2. The van der Waals surface area contributed by atoms with Gasteiger partial charge in [0.2, 0.25) is 5.13 Å². The first-order valence-corrected chi connectivity index (χ1v) is 8.33. The molecule has 4 heterocycles. The van der Waals surface area contributed by atoms with Crippen molar-refractivity contribution < 1.29 is 4.74 Å². The van der Waals surface area contributed by atoms with Crippen LogP contribution in [0.15, 0.2) is 24.4 Å². The number of hydrogen-bond acceptors (Lipinski definition) is 7. The second-order valence-electron chi connectivity index (χ2n) is 5.87. The van der Waals surface area contributed by atoms with Gasteiger partial charge in [-0.1, -0.05) is 6.07 Å². The number of ether oxygens (including phenoxy) is 1. The second kappa shape index (κ2) is 5.91. The Labute approximate surface area is 133 Å². The van der Waals surface area contributed by atoms with Crippen molar-refractivity contribution >= 4 is 16.7 Å². The highest BCUT2D eigenvalue weighted by Gasteiger charge is 2.44. The van der Waals surface area contributed by atoms with Gasteiger partial charge in [-0.2, -0.15) is 4.37 Å². The monoisotopic (exact) mass is 317 g/mol. The summed E-state index contributed by atoms with van der Waals surface area (Å²) >= 11 is 1.49. The summed E-state index contributed by atoms with van der Waals surface area (Å²) in [6.45, 7) is 3.56. The normalized spacial score (nSPS) is 24.3. The third kappa shape index (κ3) is 2.60. The highest BCUT2D eigenvalue weighted by molar-refractivity contribution is 7.09. The minimum atomic E-state index is 0.490. The van der Waals surface area contributed by atoms with E-state index in [1.165, 1.54) is 18.0 Å². The molecule has 0 saturated carbocycles. The molecule has 116 valence electrons. The fourth-order valence-electron chi connectivity index (χ4n) is 3.43. The molecule has 22 heavy (non-hydrogen) atoms. The van der Waals surface area contributed by atoms with Crippen molar-refractivity contribution in [2.45, 2.75) is 31.7 Å². The van der Waals surface area contributed by atoms with Crippen molar-refractivity contribution in [3.63, 3.8) is 0 Å². The summed E-state index contributed by atoms with van der Waals surface area (Å²) in [4.78, 5) is 14.0. The number of anilines is 1. The van der Waals surface area contributed by atoms with Crippen LogP contribution in [0.4, 0.5) is 5.13 Å². The molecule has 7 heteroatoms. The van der Waals surface area contributed by atoms with E-state index in [4.69, 9.17) is 4.74 Å². The zero-order valence-electron chi connectivity index (χ0n) is 12.6. The van der Waals surface area contributed by atoms with Gasteiger partial charge in [0.15, 0.2) is 5.82 Å². The fraction of sp³-hybridized carbons (Fsp3) is 0.533. The molecule has 0 aliphatic carbocycles. The average Bonchev–Trinajstić information content (AvgIpc) is 3.23. The summed E-state index contributed by atoms with van der Waals surface area (Å²) in [5.74, 6) is 0.788. The van der Waals surface area contributed by atoms with E-state index in [1.54, 1.807) is 7.11 Å². The maximum absolute atomic E-state index is 5.10. The highest BCUT2D eigenvalue weighted by Crippen LogP contribution is 2.35. The first-order valence-electron chi connectivity index (χ1n) is 7.55. The van der Waals surface area contributed by atoms with E-state index < -0.39 is 0 Å². The number of nitrogens with zero attached hydrogens (tertiary/aromatic N) is 5. The molecule has 2 aliphatic heterocycles. The molecule has 2 aromatic heterocycles. The molecule has 2 atom stereocenters. The maximum Gasteiger partial charge on any atom is 0.205 e. The van der Waals surface area contributed by atoms with Gasteiger partial charge in [0.05, 0.1) is 5.69 Å². The Hall–Kier alpha value is -1.57. The van der Waals surface area contributed by atoms with Gasteiger partial charge in [-0.15, -0.1) is 0 Å². The number of hydrogen-bond donors (Lipinski definition) is 0. The third-order valence-electron chi connectivity index (χ3n) is 4.42. The first-order chi connectivity index (χ1) is 10.8. The van der Waals surface area contributed by atoms with Crippen LogP contribution in [0.3, 0.4) is 0 Å². The van der Waals surface area contributed by atoms with E-state index >= 15 is 0 Å². The lowest BCUT2D eigenvalue weighted by atomic mass is 10.2. The van der Waals surface area contributed by atoms with Crippen molar-refractivity contribution in [3.05, 3.63) is 35.9 Å². The minimum Gasteiger partial charge on any atom is -0.377 e. The zero-order chi connectivity index (χ0) is 14.9. The molecular formula is C15H19N5OS. The summed E-state index contributed by atoms with van der Waals surface area (Å²) in [5.41, 5.74) is 1.15. The summed E-state index contributed by atoms with van der Waals surface area (Å²) in [6.07, 6.45) is 3.08. The molecule has 0 radical (unpaired) electrons. The quantitative estimate of drug-likeness (QED) is 0.834. The Morgan fingerprint density at radius 3 is 3.00 bits per heavy atom. The van der Waals surface area contributed by atoms with E-state index in [0.29, 0.717) is 18.7 Å². The molecule has 0 aromatic carbocycles. The molecular weight excluding hydrogens is 298 g/mol. The van der Waals surface area contributed by atoms with E-state index in [2.05, 4.69) is 36.3 Å². The number of rotatable bonds is 5. The molecule has 0 amide bonds. The van der Waals surface area contributed by atoms with Crippen molar-refractivity contribution in [2.24, 2.45) is 0 Å². The summed E-state index contributed by atoms with van der Waals surface area (Å²) < 4.78 is 9.46. The lowest BCUT2D eigenvalue weighted by molar-refractivity contribution is 0.179. The van der Waals surface area contributed by atoms with Crippen LogP contribution in [0.1, 0.15) is 17.9 Å². The molecule has 2 bridgehead atoms. The van der Waals surface area contributed by atoms with E-state index in [0.717, 1.165) is 36.3 Å². The zero-order valence-corrected chi connectivity index (χ0v) is 13.4.